The number of nitrogens with zero attached hydrogens (tertiary/aromatic N) is 1. The van der Waals surface area contributed by atoms with Gasteiger partial charge in [0.05, 0.1) is 0 Å². The molecule has 0 saturated heterocycles. The van der Waals surface area contributed by atoms with Gasteiger partial charge < -0.3 is 9.32 Å². The Morgan fingerprint density at radius 1 is 0.312 bits per heavy atom. The molecule has 0 aliphatic carbocycles. The summed E-state index contributed by atoms with van der Waals surface area (Å²) in [6, 6.07) is 63.4. The molecule has 10 rings (SSSR count). The average molecular weight is 612 g/mol. The van der Waals surface area contributed by atoms with Gasteiger partial charge in [-0.3, -0.25) is 0 Å². The summed E-state index contributed by atoms with van der Waals surface area (Å²) in [4.78, 5) is 2.37. The number of anilines is 3. The molecule has 2 heteroatoms. The zero-order valence-corrected chi connectivity index (χ0v) is 26.1. The molecule has 0 unspecified atom stereocenters. The highest BCUT2D eigenvalue weighted by Gasteiger charge is 2.18. The van der Waals surface area contributed by atoms with E-state index in [2.05, 4.69) is 181 Å². The van der Waals surface area contributed by atoms with Crippen molar-refractivity contribution in [1.29, 1.82) is 0 Å². The minimum Gasteiger partial charge on any atom is -0.456 e. The monoisotopic (exact) mass is 611 g/mol. The Bertz CT molecular complexity index is 2830. The molecule has 224 valence electrons. The molecule has 2 nitrogen and oxygen atoms in total. The van der Waals surface area contributed by atoms with Crippen molar-refractivity contribution in [1.82, 2.24) is 0 Å². The number of fused-ring (bicyclic) bond motifs is 10. The van der Waals surface area contributed by atoms with Gasteiger partial charge in [-0.05, 0) is 103 Å². The molecule has 0 aliphatic heterocycles. The van der Waals surface area contributed by atoms with Gasteiger partial charge in [0.1, 0.15) is 11.2 Å². The van der Waals surface area contributed by atoms with Crippen molar-refractivity contribution in [3.63, 3.8) is 0 Å². The Hall–Kier alpha value is -6.38. The molecule has 1 heterocycles. The zero-order valence-electron chi connectivity index (χ0n) is 26.1. The Balaban J connectivity index is 1.20. The standard InChI is InChI=1S/C46H29NO/c1-2-8-30(9-3-1)31-18-21-36(22-19-31)47(38-24-27-43-42(29-38)46-40-13-7-5-11-33(40)20-26-44(46)48-43)37-23-25-41-35(28-37)17-16-34-15-14-32-10-4-6-12-39(32)45(34)41/h1-29H. The van der Waals surface area contributed by atoms with Crippen LogP contribution in [0, 0.1) is 0 Å². The van der Waals surface area contributed by atoms with Crippen molar-refractivity contribution in [3.8, 4) is 11.1 Å². The summed E-state index contributed by atoms with van der Waals surface area (Å²) < 4.78 is 6.39. The molecule has 9 aromatic carbocycles. The SMILES string of the molecule is c1ccc(-c2ccc(N(c3ccc4c(ccc5ccc6ccccc6c54)c3)c3ccc4oc5ccc6ccccc6c5c4c3)cc2)cc1. The highest BCUT2D eigenvalue weighted by atomic mass is 16.3. The minimum atomic E-state index is 0.890. The predicted molar refractivity (Wildman–Crippen MR) is 204 cm³/mol. The van der Waals surface area contributed by atoms with Gasteiger partial charge in [0.2, 0.25) is 0 Å². The number of furan rings is 1. The molecule has 48 heavy (non-hydrogen) atoms. The summed E-state index contributed by atoms with van der Waals surface area (Å²) in [6.07, 6.45) is 0. The number of rotatable bonds is 4. The van der Waals surface area contributed by atoms with Crippen molar-refractivity contribution < 1.29 is 4.42 Å². The maximum Gasteiger partial charge on any atom is 0.136 e. The van der Waals surface area contributed by atoms with Gasteiger partial charge in [0.25, 0.3) is 0 Å². The van der Waals surface area contributed by atoms with Crippen LogP contribution in [0.25, 0.3) is 76.2 Å². The molecule has 0 bridgehead atoms. The van der Waals surface area contributed by atoms with E-state index in [0.29, 0.717) is 0 Å². The number of hydrogen-bond donors (Lipinski definition) is 0. The van der Waals surface area contributed by atoms with Crippen molar-refractivity contribution >= 4 is 82.1 Å². The van der Waals surface area contributed by atoms with E-state index in [-0.39, 0.29) is 0 Å². The third-order valence-electron chi connectivity index (χ3n) is 9.80. The van der Waals surface area contributed by atoms with Crippen LogP contribution in [0.15, 0.2) is 180 Å². The molecular formula is C46H29NO. The zero-order chi connectivity index (χ0) is 31.6. The van der Waals surface area contributed by atoms with E-state index in [1.54, 1.807) is 0 Å². The van der Waals surface area contributed by atoms with Crippen LogP contribution in [-0.2, 0) is 0 Å². The maximum absolute atomic E-state index is 6.39. The summed E-state index contributed by atoms with van der Waals surface area (Å²) in [5, 5.41) is 12.3. The van der Waals surface area contributed by atoms with E-state index in [4.69, 9.17) is 4.42 Å². The fourth-order valence-electron chi connectivity index (χ4n) is 7.52. The van der Waals surface area contributed by atoms with Gasteiger partial charge in [0, 0.05) is 27.8 Å². The summed E-state index contributed by atoms with van der Waals surface area (Å²) in [5.41, 5.74) is 7.48. The predicted octanol–water partition coefficient (Wildman–Crippen LogP) is 13.3. The highest BCUT2D eigenvalue weighted by molar-refractivity contribution is 6.21. The first kappa shape index (κ1) is 26.8. The van der Waals surface area contributed by atoms with Crippen molar-refractivity contribution in [2.75, 3.05) is 4.90 Å². The van der Waals surface area contributed by atoms with Crippen LogP contribution in [0.4, 0.5) is 17.1 Å². The average Bonchev–Trinajstić information content (AvgIpc) is 3.54. The molecule has 0 aliphatic rings. The fourth-order valence-corrected chi connectivity index (χ4v) is 7.52. The molecule has 0 radical (unpaired) electrons. The summed E-state index contributed by atoms with van der Waals surface area (Å²) in [5.74, 6) is 0. The fraction of sp³-hybridized carbons (Fsp3) is 0. The molecular weight excluding hydrogens is 583 g/mol. The molecule has 0 N–H and O–H groups in total. The van der Waals surface area contributed by atoms with E-state index >= 15 is 0 Å². The van der Waals surface area contributed by atoms with Crippen LogP contribution in [-0.4, -0.2) is 0 Å². The van der Waals surface area contributed by atoms with E-state index in [1.807, 2.05) is 0 Å². The lowest BCUT2D eigenvalue weighted by atomic mass is 9.96. The lowest BCUT2D eigenvalue weighted by Crippen LogP contribution is -2.09. The molecule has 0 fully saturated rings. The summed E-state index contributed by atoms with van der Waals surface area (Å²) >= 11 is 0. The van der Waals surface area contributed by atoms with Crippen LogP contribution in [0.1, 0.15) is 0 Å². The van der Waals surface area contributed by atoms with Crippen LogP contribution < -0.4 is 4.90 Å². The lowest BCUT2D eigenvalue weighted by molar-refractivity contribution is 0.669. The first-order chi connectivity index (χ1) is 23.8. The maximum atomic E-state index is 6.39. The Morgan fingerprint density at radius 3 is 1.65 bits per heavy atom. The Kier molecular flexibility index (Phi) is 5.91. The normalized spacial score (nSPS) is 11.8. The number of hydrogen-bond acceptors (Lipinski definition) is 2. The second-order valence-electron chi connectivity index (χ2n) is 12.5. The topological polar surface area (TPSA) is 16.4 Å². The van der Waals surface area contributed by atoms with Gasteiger partial charge in [-0.2, -0.15) is 0 Å². The first-order valence-electron chi connectivity index (χ1n) is 16.4. The van der Waals surface area contributed by atoms with Crippen LogP contribution in [0.5, 0.6) is 0 Å². The second kappa shape index (κ2) is 10.6. The van der Waals surface area contributed by atoms with E-state index in [1.165, 1.54) is 54.2 Å². The van der Waals surface area contributed by atoms with Crippen molar-refractivity contribution in [2.45, 2.75) is 0 Å². The Labute approximate surface area is 277 Å². The molecule has 0 amide bonds. The van der Waals surface area contributed by atoms with Gasteiger partial charge in [0.15, 0.2) is 0 Å². The third kappa shape index (κ3) is 4.20. The minimum absolute atomic E-state index is 0.890. The Morgan fingerprint density at radius 2 is 0.854 bits per heavy atom. The van der Waals surface area contributed by atoms with Crippen molar-refractivity contribution in [3.05, 3.63) is 176 Å². The molecule has 0 spiro atoms. The van der Waals surface area contributed by atoms with E-state index in [9.17, 15) is 0 Å². The first-order valence-corrected chi connectivity index (χ1v) is 16.4. The molecule has 1 aromatic heterocycles. The van der Waals surface area contributed by atoms with Crippen LogP contribution in [0.2, 0.25) is 0 Å². The molecule has 10 aromatic rings. The molecule has 0 saturated carbocycles. The van der Waals surface area contributed by atoms with Crippen LogP contribution >= 0.6 is 0 Å². The van der Waals surface area contributed by atoms with Crippen molar-refractivity contribution in [2.24, 2.45) is 0 Å². The van der Waals surface area contributed by atoms with Gasteiger partial charge >= 0.3 is 0 Å². The summed E-state index contributed by atoms with van der Waals surface area (Å²) in [6.45, 7) is 0. The number of benzene rings is 9. The smallest absolute Gasteiger partial charge is 0.136 e. The van der Waals surface area contributed by atoms with E-state index in [0.717, 1.165) is 39.0 Å². The summed E-state index contributed by atoms with van der Waals surface area (Å²) in [7, 11) is 0. The second-order valence-corrected chi connectivity index (χ2v) is 12.5. The van der Waals surface area contributed by atoms with Gasteiger partial charge in [-0.15, -0.1) is 0 Å². The van der Waals surface area contributed by atoms with E-state index < -0.39 is 0 Å². The molecule has 0 atom stereocenters. The highest BCUT2D eigenvalue weighted by Crippen LogP contribution is 2.42. The van der Waals surface area contributed by atoms with Gasteiger partial charge in [-0.1, -0.05) is 127 Å². The van der Waals surface area contributed by atoms with Gasteiger partial charge in [-0.25, -0.2) is 0 Å². The quantitative estimate of drug-likeness (QED) is 0.184. The third-order valence-corrected chi connectivity index (χ3v) is 9.80. The lowest BCUT2D eigenvalue weighted by Gasteiger charge is -2.26. The largest absolute Gasteiger partial charge is 0.456 e. The van der Waals surface area contributed by atoms with Crippen LogP contribution in [0.3, 0.4) is 0 Å².